The summed E-state index contributed by atoms with van der Waals surface area (Å²) >= 11 is 0. The number of benzene rings is 1. The van der Waals surface area contributed by atoms with E-state index in [0.29, 0.717) is 12.0 Å². The van der Waals surface area contributed by atoms with Gasteiger partial charge in [-0.1, -0.05) is 18.6 Å². The number of nitrogens with zero attached hydrogens (tertiary/aromatic N) is 2. The molecule has 1 aromatic carbocycles. The first-order valence-corrected chi connectivity index (χ1v) is 9.50. The summed E-state index contributed by atoms with van der Waals surface area (Å²) in [5, 5.41) is 3.48. The fraction of sp³-hybridized carbons (Fsp3) is 0.650. The minimum absolute atomic E-state index is 0.613. The summed E-state index contributed by atoms with van der Waals surface area (Å²) in [5.41, 5.74) is 1.90. The van der Waals surface area contributed by atoms with E-state index in [2.05, 4.69) is 35.3 Å². The lowest BCUT2D eigenvalue weighted by Gasteiger charge is -2.38. The maximum absolute atomic E-state index is 5.58. The van der Waals surface area contributed by atoms with Crippen molar-refractivity contribution < 1.29 is 4.74 Å². The molecular weight excluding hydrogens is 298 g/mol. The quantitative estimate of drug-likeness (QED) is 0.641. The van der Waals surface area contributed by atoms with Crippen molar-refractivity contribution in [2.45, 2.75) is 46.0 Å². The topological polar surface area (TPSA) is 36.9 Å². The highest BCUT2D eigenvalue weighted by Gasteiger charge is 2.43. The van der Waals surface area contributed by atoms with Crippen LogP contribution < -0.4 is 10.1 Å². The first-order chi connectivity index (χ1) is 11.7. The third kappa shape index (κ3) is 4.03. The third-order valence-corrected chi connectivity index (χ3v) is 5.36. The Morgan fingerprint density at radius 2 is 2.17 bits per heavy atom. The van der Waals surface area contributed by atoms with E-state index in [1.807, 2.05) is 13.0 Å². The van der Waals surface area contributed by atoms with Gasteiger partial charge in [0, 0.05) is 26.2 Å². The van der Waals surface area contributed by atoms with Gasteiger partial charge in [-0.25, -0.2) is 0 Å². The number of guanidine groups is 1. The average Bonchev–Trinajstić information content (AvgIpc) is 3.01. The summed E-state index contributed by atoms with van der Waals surface area (Å²) < 4.78 is 5.58. The summed E-state index contributed by atoms with van der Waals surface area (Å²) in [6, 6.07) is 8.37. The molecule has 2 aliphatic rings. The fourth-order valence-corrected chi connectivity index (χ4v) is 3.87. The molecule has 0 aromatic heterocycles. The lowest BCUT2D eigenvalue weighted by atomic mass is 9.68. The molecular formula is C20H31N3O. The second kappa shape index (κ2) is 7.91. The van der Waals surface area contributed by atoms with Crippen molar-refractivity contribution in [3.8, 4) is 5.75 Å². The zero-order valence-corrected chi connectivity index (χ0v) is 15.2. The number of hydrogen-bond donors (Lipinski definition) is 1. The molecule has 0 bridgehead atoms. The van der Waals surface area contributed by atoms with Crippen LogP contribution in [0, 0.1) is 5.41 Å². The Bertz CT molecular complexity index is 566. The van der Waals surface area contributed by atoms with Gasteiger partial charge in [-0.05, 0) is 62.6 Å². The van der Waals surface area contributed by atoms with E-state index >= 15 is 0 Å². The molecule has 1 heterocycles. The van der Waals surface area contributed by atoms with Crippen molar-refractivity contribution >= 4 is 5.96 Å². The molecule has 1 N–H and O–H groups in total. The molecule has 1 saturated heterocycles. The maximum Gasteiger partial charge on any atom is 0.193 e. The Balaban J connectivity index is 1.57. The molecule has 3 rings (SSSR count). The standard InChI is InChI=1S/C20H31N3O/c1-3-21-19(23-14-12-20(16-23)10-6-11-20)22-13-9-17-7-5-8-18(15-17)24-4-2/h5,7-8,15H,3-4,6,9-14,16H2,1-2H3,(H,21,22). The van der Waals surface area contributed by atoms with Gasteiger partial charge in [0.15, 0.2) is 5.96 Å². The van der Waals surface area contributed by atoms with Gasteiger partial charge in [-0.3, -0.25) is 4.99 Å². The van der Waals surface area contributed by atoms with Crippen LogP contribution in [0.15, 0.2) is 29.3 Å². The second-order valence-electron chi connectivity index (χ2n) is 7.09. The predicted molar refractivity (Wildman–Crippen MR) is 99.8 cm³/mol. The fourth-order valence-electron chi connectivity index (χ4n) is 3.87. The summed E-state index contributed by atoms with van der Waals surface area (Å²) in [7, 11) is 0. The highest BCUT2D eigenvalue weighted by atomic mass is 16.5. The minimum Gasteiger partial charge on any atom is -0.494 e. The highest BCUT2D eigenvalue weighted by molar-refractivity contribution is 5.80. The van der Waals surface area contributed by atoms with Gasteiger partial charge >= 0.3 is 0 Å². The summed E-state index contributed by atoms with van der Waals surface area (Å²) in [6.07, 6.45) is 6.53. The highest BCUT2D eigenvalue weighted by Crippen LogP contribution is 2.47. The number of rotatable bonds is 6. The van der Waals surface area contributed by atoms with E-state index in [4.69, 9.17) is 9.73 Å². The molecule has 132 valence electrons. The molecule has 2 fully saturated rings. The molecule has 1 aliphatic carbocycles. The van der Waals surface area contributed by atoms with Crippen LogP contribution in [0.2, 0.25) is 0 Å². The minimum atomic E-state index is 0.613. The lowest BCUT2D eigenvalue weighted by molar-refractivity contribution is 0.151. The van der Waals surface area contributed by atoms with Gasteiger partial charge in [-0.2, -0.15) is 0 Å². The summed E-state index contributed by atoms with van der Waals surface area (Å²) in [4.78, 5) is 7.35. The van der Waals surface area contributed by atoms with Crippen LogP contribution in [0.5, 0.6) is 5.75 Å². The number of ether oxygens (including phenoxy) is 1. The molecule has 1 spiro atoms. The van der Waals surface area contributed by atoms with Crippen molar-refractivity contribution in [2.24, 2.45) is 10.4 Å². The molecule has 0 unspecified atom stereocenters. The first kappa shape index (κ1) is 17.1. The largest absolute Gasteiger partial charge is 0.494 e. The molecule has 1 saturated carbocycles. The van der Waals surface area contributed by atoms with Crippen LogP contribution in [0.25, 0.3) is 0 Å². The molecule has 1 aliphatic heterocycles. The van der Waals surface area contributed by atoms with Gasteiger partial charge in [0.25, 0.3) is 0 Å². The molecule has 0 amide bonds. The predicted octanol–water partition coefficient (Wildman–Crippen LogP) is 3.47. The van der Waals surface area contributed by atoms with Crippen LogP contribution in [-0.2, 0) is 6.42 Å². The summed E-state index contributed by atoms with van der Waals surface area (Å²) in [5.74, 6) is 2.06. The Kier molecular flexibility index (Phi) is 5.64. The Labute approximate surface area is 146 Å². The van der Waals surface area contributed by atoms with E-state index in [1.165, 1.54) is 37.8 Å². The Morgan fingerprint density at radius 1 is 1.29 bits per heavy atom. The van der Waals surface area contributed by atoms with Gasteiger partial charge in [0.2, 0.25) is 0 Å². The average molecular weight is 329 g/mol. The third-order valence-electron chi connectivity index (χ3n) is 5.36. The molecule has 4 heteroatoms. The van der Waals surface area contributed by atoms with Crippen molar-refractivity contribution in [1.29, 1.82) is 0 Å². The molecule has 24 heavy (non-hydrogen) atoms. The number of nitrogens with one attached hydrogen (secondary N) is 1. The van der Waals surface area contributed by atoms with Gasteiger partial charge in [-0.15, -0.1) is 0 Å². The number of likely N-dealkylation sites (tertiary alicyclic amines) is 1. The monoisotopic (exact) mass is 329 g/mol. The molecule has 4 nitrogen and oxygen atoms in total. The lowest BCUT2D eigenvalue weighted by Crippen LogP contribution is -2.42. The zero-order chi connectivity index (χ0) is 16.8. The molecule has 0 atom stereocenters. The molecule has 1 aromatic rings. The SMILES string of the molecule is CCNC(=NCCc1cccc(OCC)c1)N1CCC2(CCC2)C1. The van der Waals surface area contributed by atoms with Crippen molar-refractivity contribution in [3.63, 3.8) is 0 Å². The van der Waals surface area contributed by atoms with Crippen LogP contribution in [0.4, 0.5) is 0 Å². The molecule has 0 radical (unpaired) electrons. The van der Waals surface area contributed by atoms with Crippen LogP contribution in [0.3, 0.4) is 0 Å². The second-order valence-corrected chi connectivity index (χ2v) is 7.09. The Hall–Kier alpha value is -1.71. The van der Waals surface area contributed by atoms with Crippen molar-refractivity contribution in [1.82, 2.24) is 10.2 Å². The number of hydrogen-bond acceptors (Lipinski definition) is 2. The van der Waals surface area contributed by atoms with Crippen molar-refractivity contribution in [2.75, 3.05) is 32.8 Å². The Morgan fingerprint density at radius 3 is 2.83 bits per heavy atom. The zero-order valence-electron chi connectivity index (χ0n) is 15.2. The van der Waals surface area contributed by atoms with E-state index in [1.54, 1.807) is 0 Å². The van der Waals surface area contributed by atoms with Crippen LogP contribution in [0.1, 0.15) is 45.1 Å². The van der Waals surface area contributed by atoms with E-state index in [9.17, 15) is 0 Å². The summed E-state index contributed by atoms with van der Waals surface area (Å²) in [6.45, 7) is 8.98. The first-order valence-electron chi connectivity index (χ1n) is 9.50. The van der Waals surface area contributed by atoms with Crippen LogP contribution >= 0.6 is 0 Å². The smallest absolute Gasteiger partial charge is 0.193 e. The van der Waals surface area contributed by atoms with Crippen LogP contribution in [-0.4, -0.2) is 43.6 Å². The van der Waals surface area contributed by atoms with Gasteiger partial charge in [0.05, 0.1) is 6.61 Å². The number of aliphatic imine (C=N–C) groups is 1. The normalized spacial score (nSPS) is 19.4. The maximum atomic E-state index is 5.58. The van der Waals surface area contributed by atoms with E-state index in [-0.39, 0.29) is 0 Å². The van der Waals surface area contributed by atoms with Gasteiger partial charge in [0.1, 0.15) is 5.75 Å². The van der Waals surface area contributed by atoms with Crippen molar-refractivity contribution in [3.05, 3.63) is 29.8 Å². The van der Waals surface area contributed by atoms with E-state index in [0.717, 1.165) is 37.8 Å². The van der Waals surface area contributed by atoms with Gasteiger partial charge < -0.3 is 15.0 Å². The van der Waals surface area contributed by atoms with E-state index < -0.39 is 0 Å².